The number of benzene rings is 2. The summed E-state index contributed by atoms with van der Waals surface area (Å²) >= 11 is 8.52. The molecule has 0 atom stereocenters. The smallest absolute Gasteiger partial charge is 0.266 e. The van der Waals surface area contributed by atoms with Crippen molar-refractivity contribution >= 4 is 45.0 Å². The molecule has 6 nitrogen and oxygen atoms in total. The number of furan rings is 1. The Morgan fingerprint density at radius 2 is 2.00 bits per heavy atom. The Labute approximate surface area is 183 Å². The largest absolute Gasteiger partial charge is 0.452 e. The lowest BCUT2D eigenvalue weighted by Crippen LogP contribution is -2.26. The van der Waals surface area contributed by atoms with E-state index in [0.717, 1.165) is 4.57 Å². The minimum absolute atomic E-state index is 0.0380. The summed E-state index contributed by atoms with van der Waals surface area (Å²) in [5.41, 5.74) is 0.378. The van der Waals surface area contributed by atoms with Crippen LogP contribution in [0.3, 0.4) is 0 Å². The molecule has 2 aromatic heterocycles. The van der Waals surface area contributed by atoms with E-state index < -0.39 is 11.4 Å². The Balaban J connectivity index is 1.72. The topological polar surface area (TPSA) is 71.2 Å². The van der Waals surface area contributed by atoms with Gasteiger partial charge in [0, 0.05) is 12.6 Å². The lowest BCUT2D eigenvalue weighted by atomic mass is 10.1. The molecule has 0 spiro atoms. The molecule has 0 radical (unpaired) electrons. The first kappa shape index (κ1) is 20.2. The number of nitrogens with zero attached hydrogens (tertiary/aromatic N) is 2. The SMILES string of the molecule is CN(Cc1ccc(Br)o1)C(=O)c1ccc2c(=O)n(-c3ccccc3F)c(=S)[nH]c2c1. The van der Waals surface area contributed by atoms with Crippen LogP contribution in [0.5, 0.6) is 0 Å². The molecule has 0 bridgehead atoms. The molecular formula is C21H15BrFN3O3S. The summed E-state index contributed by atoms with van der Waals surface area (Å²) < 4.78 is 21.4. The van der Waals surface area contributed by atoms with Crippen LogP contribution in [0.25, 0.3) is 16.6 Å². The van der Waals surface area contributed by atoms with Crippen molar-refractivity contribution in [1.29, 1.82) is 0 Å². The molecule has 2 aromatic carbocycles. The van der Waals surface area contributed by atoms with Gasteiger partial charge in [-0.2, -0.15) is 0 Å². The average Bonchev–Trinajstić information content (AvgIpc) is 3.12. The first-order chi connectivity index (χ1) is 14.3. The second kappa shape index (κ2) is 8.00. The van der Waals surface area contributed by atoms with Gasteiger partial charge >= 0.3 is 0 Å². The number of hydrogen-bond acceptors (Lipinski definition) is 4. The van der Waals surface area contributed by atoms with Crippen molar-refractivity contribution in [3.63, 3.8) is 0 Å². The molecule has 2 heterocycles. The third kappa shape index (κ3) is 3.73. The van der Waals surface area contributed by atoms with Crippen LogP contribution in [0.1, 0.15) is 16.1 Å². The highest BCUT2D eigenvalue weighted by Gasteiger charge is 2.16. The molecule has 0 aliphatic carbocycles. The van der Waals surface area contributed by atoms with Crippen molar-refractivity contribution in [3.05, 3.63) is 91.5 Å². The van der Waals surface area contributed by atoms with Gasteiger partial charge in [0.05, 0.1) is 23.1 Å². The third-order valence-electron chi connectivity index (χ3n) is 4.61. The maximum atomic E-state index is 14.2. The molecule has 0 saturated carbocycles. The average molecular weight is 488 g/mol. The fraction of sp³-hybridized carbons (Fsp3) is 0.0952. The Bertz CT molecular complexity index is 1390. The summed E-state index contributed by atoms with van der Waals surface area (Å²) in [7, 11) is 1.65. The zero-order valence-electron chi connectivity index (χ0n) is 15.7. The van der Waals surface area contributed by atoms with E-state index >= 15 is 0 Å². The van der Waals surface area contributed by atoms with Crippen molar-refractivity contribution in [2.24, 2.45) is 0 Å². The van der Waals surface area contributed by atoms with Gasteiger partial charge in [0.15, 0.2) is 9.44 Å². The molecule has 4 aromatic rings. The standard InChI is InChI=1S/C21H15BrFN3O3S/c1-25(11-13-7-9-18(22)29-13)19(27)12-6-8-14-16(10-12)24-21(30)26(20(14)28)17-5-3-2-4-15(17)23/h2-10H,11H2,1H3,(H,24,30). The first-order valence-electron chi connectivity index (χ1n) is 8.89. The molecular weight excluding hydrogens is 473 g/mol. The summed E-state index contributed by atoms with van der Waals surface area (Å²) in [4.78, 5) is 30.2. The van der Waals surface area contributed by atoms with Crippen molar-refractivity contribution < 1.29 is 13.6 Å². The van der Waals surface area contributed by atoms with Gasteiger partial charge in [-0.3, -0.25) is 9.59 Å². The highest BCUT2D eigenvalue weighted by molar-refractivity contribution is 9.10. The maximum Gasteiger partial charge on any atom is 0.266 e. The van der Waals surface area contributed by atoms with Crippen LogP contribution in [0, 0.1) is 10.6 Å². The molecule has 152 valence electrons. The summed E-state index contributed by atoms with van der Waals surface area (Å²) in [6.07, 6.45) is 0. The fourth-order valence-electron chi connectivity index (χ4n) is 3.17. The zero-order valence-corrected chi connectivity index (χ0v) is 18.1. The molecule has 0 unspecified atom stereocenters. The predicted octanol–water partition coefficient (Wildman–Crippen LogP) is 4.82. The normalized spacial score (nSPS) is 11.0. The van der Waals surface area contributed by atoms with Gasteiger partial charge in [-0.05, 0) is 70.6 Å². The van der Waals surface area contributed by atoms with Crippen LogP contribution in [-0.4, -0.2) is 27.4 Å². The molecule has 0 saturated heterocycles. The number of amides is 1. The van der Waals surface area contributed by atoms with Gasteiger partial charge in [-0.15, -0.1) is 0 Å². The number of halogens is 2. The number of carbonyl (C=O) groups is 1. The first-order valence-corrected chi connectivity index (χ1v) is 10.1. The molecule has 1 amide bonds. The molecule has 30 heavy (non-hydrogen) atoms. The summed E-state index contributed by atoms with van der Waals surface area (Å²) in [6.45, 7) is 0.285. The lowest BCUT2D eigenvalue weighted by Gasteiger charge is -2.16. The highest BCUT2D eigenvalue weighted by Crippen LogP contribution is 2.18. The van der Waals surface area contributed by atoms with Crippen molar-refractivity contribution in [3.8, 4) is 5.69 Å². The van der Waals surface area contributed by atoms with Gasteiger partial charge in [0.1, 0.15) is 11.6 Å². The summed E-state index contributed by atoms with van der Waals surface area (Å²) in [6, 6.07) is 14.1. The van der Waals surface area contributed by atoms with Crippen molar-refractivity contribution in [2.45, 2.75) is 6.54 Å². The fourth-order valence-corrected chi connectivity index (χ4v) is 3.80. The summed E-state index contributed by atoms with van der Waals surface area (Å²) in [5.74, 6) is -0.177. The Hall–Kier alpha value is -3.04. The van der Waals surface area contributed by atoms with E-state index in [1.54, 1.807) is 37.4 Å². The second-order valence-electron chi connectivity index (χ2n) is 6.65. The molecule has 1 N–H and O–H groups in total. The van der Waals surface area contributed by atoms with Crippen LogP contribution < -0.4 is 5.56 Å². The van der Waals surface area contributed by atoms with E-state index in [1.807, 2.05) is 0 Å². The molecule has 4 rings (SSSR count). The van der Waals surface area contributed by atoms with Gasteiger partial charge in [0.25, 0.3) is 11.5 Å². The van der Waals surface area contributed by atoms with E-state index in [1.165, 1.54) is 29.2 Å². The summed E-state index contributed by atoms with van der Waals surface area (Å²) in [5, 5.41) is 0.293. The number of H-pyrrole nitrogens is 1. The van der Waals surface area contributed by atoms with Crippen molar-refractivity contribution in [2.75, 3.05) is 7.05 Å². The zero-order chi connectivity index (χ0) is 21.4. The highest BCUT2D eigenvalue weighted by atomic mass is 79.9. The number of para-hydroxylation sites is 1. The molecule has 0 aliphatic heterocycles. The molecule has 9 heteroatoms. The van der Waals surface area contributed by atoms with Crippen molar-refractivity contribution in [1.82, 2.24) is 14.5 Å². The van der Waals surface area contributed by atoms with Crippen LogP contribution in [0.2, 0.25) is 0 Å². The minimum Gasteiger partial charge on any atom is -0.452 e. The minimum atomic E-state index is -0.559. The number of fused-ring (bicyclic) bond motifs is 1. The van der Waals surface area contributed by atoms with E-state index in [-0.39, 0.29) is 22.9 Å². The maximum absolute atomic E-state index is 14.2. The van der Waals surface area contributed by atoms with Gasteiger partial charge in [-0.1, -0.05) is 12.1 Å². The Kier molecular flexibility index (Phi) is 5.40. The number of hydrogen-bond donors (Lipinski definition) is 1. The Morgan fingerprint density at radius 3 is 2.70 bits per heavy atom. The van der Waals surface area contributed by atoms with Crippen LogP contribution in [0.4, 0.5) is 4.39 Å². The van der Waals surface area contributed by atoms with Gasteiger partial charge < -0.3 is 14.3 Å². The molecule has 0 aliphatic rings. The monoisotopic (exact) mass is 487 g/mol. The second-order valence-corrected chi connectivity index (χ2v) is 7.82. The number of aromatic nitrogens is 2. The number of rotatable bonds is 4. The van der Waals surface area contributed by atoms with Crippen LogP contribution >= 0.6 is 28.1 Å². The molecule has 0 fully saturated rings. The van der Waals surface area contributed by atoms with E-state index in [2.05, 4.69) is 20.9 Å². The number of carbonyl (C=O) groups excluding carboxylic acids is 1. The lowest BCUT2D eigenvalue weighted by molar-refractivity contribution is 0.0775. The van der Waals surface area contributed by atoms with Gasteiger partial charge in [0.2, 0.25) is 0 Å². The van der Waals surface area contributed by atoms with Gasteiger partial charge in [-0.25, -0.2) is 8.96 Å². The van der Waals surface area contributed by atoms with Crippen LogP contribution in [0.15, 0.2) is 68.5 Å². The van der Waals surface area contributed by atoms with E-state index in [4.69, 9.17) is 16.6 Å². The number of nitrogens with one attached hydrogen (secondary N) is 1. The Morgan fingerprint density at radius 1 is 1.23 bits per heavy atom. The van der Waals surface area contributed by atoms with Crippen LogP contribution in [-0.2, 0) is 6.54 Å². The van der Waals surface area contributed by atoms with E-state index in [9.17, 15) is 14.0 Å². The third-order valence-corrected chi connectivity index (χ3v) is 5.32. The predicted molar refractivity (Wildman–Crippen MR) is 117 cm³/mol. The van der Waals surface area contributed by atoms with E-state index in [0.29, 0.717) is 26.9 Å². The number of aromatic amines is 1. The quantitative estimate of drug-likeness (QED) is 0.419.